The van der Waals surface area contributed by atoms with Gasteiger partial charge in [-0.25, -0.2) is 9.97 Å². The van der Waals surface area contributed by atoms with Gasteiger partial charge in [0.25, 0.3) is 0 Å². The van der Waals surface area contributed by atoms with Crippen LogP contribution in [-0.2, 0) is 15.9 Å². The van der Waals surface area contributed by atoms with Crippen LogP contribution in [0.3, 0.4) is 0 Å². The summed E-state index contributed by atoms with van der Waals surface area (Å²) in [5, 5.41) is 0.971. The van der Waals surface area contributed by atoms with E-state index in [9.17, 15) is 0 Å². The summed E-state index contributed by atoms with van der Waals surface area (Å²) in [6.07, 6.45) is 8.99. The Hall–Kier alpha value is -3.14. The predicted molar refractivity (Wildman–Crippen MR) is 123 cm³/mol. The molecule has 0 saturated heterocycles. The molecular formula is C26H28N2O4. The highest BCUT2D eigenvalue weighted by atomic mass is 16.6. The fraction of sp³-hybridized carbons (Fsp3) is 0.385. The van der Waals surface area contributed by atoms with E-state index >= 15 is 0 Å². The second-order valence-corrected chi connectivity index (χ2v) is 7.65. The number of ether oxygens (including phenoxy) is 4. The Morgan fingerprint density at radius 1 is 0.938 bits per heavy atom. The Morgan fingerprint density at radius 2 is 1.66 bits per heavy atom. The number of aromatic nitrogens is 2. The van der Waals surface area contributed by atoms with Crippen molar-refractivity contribution in [3.8, 4) is 23.8 Å². The molecule has 2 aromatic carbocycles. The van der Waals surface area contributed by atoms with Gasteiger partial charge in [0.15, 0.2) is 11.5 Å². The van der Waals surface area contributed by atoms with Gasteiger partial charge in [0.2, 0.25) is 0 Å². The molecule has 0 bridgehead atoms. The zero-order valence-electron chi connectivity index (χ0n) is 18.4. The van der Waals surface area contributed by atoms with E-state index in [4.69, 9.17) is 25.4 Å². The first-order valence-electron chi connectivity index (χ1n) is 11.0. The van der Waals surface area contributed by atoms with Crippen molar-refractivity contribution in [2.24, 2.45) is 0 Å². The molecule has 6 heteroatoms. The fourth-order valence-corrected chi connectivity index (χ4v) is 3.88. The number of benzene rings is 2. The molecule has 4 rings (SSSR count). The van der Waals surface area contributed by atoms with Gasteiger partial charge in [-0.2, -0.15) is 0 Å². The van der Waals surface area contributed by atoms with Gasteiger partial charge in [0.1, 0.15) is 19.5 Å². The van der Waals surface area contributed by atoms with Crippen LogP contribution in [0.2, 0.25) is 0 Å². The van der Waals surface area contributed by atoms with Crippen LogP contribution in [0.25, 0.3) is 10.9 Å². The molecule has 0 radical (unpaired) electrons. The van der Waals surface area contributed by atoms with Crippen molar-refractivity contribution in [1.29, 1.82) is 0 Å². The Balaban J connectivity index is 1.68. The minimum absolute atomic E-state index is 0.218. The Bertz CT molecular complexity index is 1090. The molecule has 0 saturated carbocycles. The molecule has 2 heterocycles. The first kappa shape index (κ1) is 22.1. The van der Waals surface area contributed by atoms with Crippen LogP contribution in [0, 0.1) is 12.3 Å². The van der Waals surface area contributed by atoms with E-state index in [1.807, 2.05) is 24.3 Å². The molecule has 0 amide bonds. The topological polar surface area (TPSA) is 62.7 Å². The Morgan fingerprint density at radius 3 is 2.38 bits per heavy atom. The Kier molecular flexibility index (Phi) is 7.55. The van der Waals surface area contributed by atoms with Crippen LogP contribution >= 0.6 is 0 Å². The summed E-state index contributed by atoms with van der Waals surface area (Å²) in [6, 6.07) is 12.1. The summed E-state index contributed by atoms with van der Waals surface area (Å²) >= 11 is 0. The van der Waals surface area contributed by atoms with E-state index in [0.717, 1.165) is 35.0 Å². The van der Waals surface area contributed by atoms with E-state index in [-0.39, 0.29) is 5.92 Å². The van der Waals surface area contributed by atoms with Crippen LogP contribution in [0.1, 0.15) is 36.1 Å². The maximum atomic E-state index is 6.02. The summed E-state index contributed by atoms with van der Waals surface area (Å²) in [6.45, 7) is 5.11. The zero-order valence-corrected chi connectivity index (χ0v) is 18.4. The lowest BCUT2D eigenvalue weighted by Crippen LogP contribution is -2.16. The van der Waals surface area contributed by atoms with E-state index in [0.29, 0.717) is 51.1 Å². The number of rotatable bonds is 4. The van der Waals surface area contributed by atoms with Gasteiger partial charge in [-0.05, 0) is 36.6 Å². The minimum Gasteiger partial charge on any atom is -0.487 e. The highest BCUT2D eigenvalue weighted by molar-refractivity contribution is 5.85. The van der Waals surface area contributed by atoms with Gasteiger partial charge >= 0.3 is 0 Å². The maximum Gasteiger partial charge on any atom is 0.163 e. The summed E-state index contributed by atoms with van der Waals surface area (Å²) in [7, 11) is 0. The van der Waals surface area contributed by atoms with Gasteiger partial charge in [0.05, 0.1) is 37.6 Å². The van der Waals surface area contributed by atoms with Crippen LogP contribution in [0.5, 0.6) is 11.5 Å². The Labute approximate surface area is 188 Å². The molecule has 1 aliphatic heterocycles. The van der Waals surface area contributed by atoms with E-state index in [2.05, 4.69) is 34.9 Å². The lowest BCUT2D eigenvalue weighted by Gasteiger charge is -2.19. The standard InChI is InChI=1S/C26H28N2O4/c1-3-19-6-5-7-20(14-19)15-21(4-2)26-22-16-24-25(17-23(22)27-18-28-26)32-13-11-30-9-8-29-10-12-31-24/h1,5-7,14,16-18,21H,4,8-13,15H2,2H3. The van der Waals surface area contributed by atoms with Crippen molar-refractivity contribution >= 4 is 10.9 Å². The number of hydrogen-bond acceptors (Lipinski definition) is 6. The monoisotopic (exact) mass is 432 g/mol. The fourth-order valence-electron chi connectivity index (χ4n) is 3.88. The molecule has 3 aromatic rings. The first-order chi connectivity index (χ1) is 15.8. The van der Waals surface area contributed by atoms with Gasteiger partial charge < -0.3 is 18.9 Å². The van der Waals surface area contributed by atoms with Crippen LogP contribution in [0.15, 0.2) is 42.7 Å². The van der Waals surface area contributed by atoms with Gasteiger partial charge in [0, 0.05) is 22.9 Å². The molecular weight excluding hydrogens is 404 g/mol. The molecule has 166 valence electrons. The highest BCUT2D eigenvalue weighted by Gasteiger charge is 2.19. The van der Waals surface area contributed by atoms with E-state index in [1.165, 1.54) is 5.56 Å². The molecule has 0 spiro atoms. The number of hydrogen-bond donors (Lipinski definition) is 0. The summed E-state index contributed by atoms with van der Waals surface area (Å²) < 4.78 is 23.0. The lowest BCUT2D eigenvalue weighted by atomic mass is 9.90. The molecule has 6 nitrogen and oxygen atoms in total. The van der Waals surface area contributed by atoms with Crippen molar-refractivity contribution in [2.45, 2.75) is 25.7 Å². The predicted octanol–water partition coefficient (Wildman–Crippen LogP) is 4.15. The van der Waals surface area contributed by atoms with Crippen molar-refractivity contribution in [3.63, 3.8) is 0 Å². The molecule has 0 aliphatic carbocycles. The summed E-state index contributed by atoms with van der Waals surface area (Å²) in [5.41, 5.74) is 3.92. The SMILES string of the molecule is C#Cc1cccc(CC(CC)c2ncnc3cc4c(cc23)OCCOCCOCCO4)c1. The van der Waals surface area contributed by atoms with Gasteiger partial charge in [-0.1, -0.05) is 25.0 Å². The molecule has 1 aliphatic rings. The van der Waals surface area contributed by atoms with E-state index in [1.54, 1.807) is 6.33 Å². The van der Waals surface area contributed by atoms with Crippen molar-refractivity contribution in [3.05, 3.63) is 59.5 Å². The van der Waals surface area contributed by atoms with Crippen LogP contribution in [0.4, 0.5) is 0 Å². The molecule has 0 N–H and O–H groups in total. The number of nitrogens with zero attached hydrogens (tertiary/aromatic N) is 2. The van der Waals surface area contributed by atoms with Crippen molar-refractivity contribution in [1.82, 2.24) is 9.97 Å². The largest absolute Gasteiger partial charge is 0.487 e. The average Bonchev–Trinajstić information content (AvgIpc) is 2.82. The molecule has 1 atom stereocenters. The normalized spacial score (nSPS) is 15.9. The van der Waals surface area contributed by atoms with E-state index < -0.39 is 0 Å². The smallest absolute Gasteiger partial charge is 0.163 e. The molecule has 0 fully saturated rings. The zero-order chi connectivity index (χ0) is 22.2. The van der Waals surface area contributed by atoms with Crippen molar-refractivity contribution in [2.75, 3.05) is 39.6 Å². The third-order valence-electron chi connectivity index (χ3n) is 5.53. The summed E-state index contributed by atoms with van der Waals surface area (Å²) in [4.78, 5) is 9.18. The van der Waals surface area contributed by atoms with Gasteiger partial charge in [-0.15, -0.1) is 6.42 Å². The van der Waals surface area contributed by atoms with Crippen LogP contribution < -0.4 is 9.47 Å². The second-order valence-electron chi connectivity index (χ2n) is 7.65. The highest BCUT2D eigenvalue weighted by Crippen LogP contribution is 2.36. The van der Waals surface area contributed by atoms with Gasteiger partial charge in [-0.3, -0.25) is 0 Å². The maximum absolute atomic E-state index is 6.02. The van der Waals surface area contributed by atoms with Crippen molar-refractivity contribution < 1.29 is 18.9 Å². The first-order valence-corrected chi connectivity index (χ1v) is 11.0. The molecule has 32 heavy (non-hydrogen) atoms. The average molecular weight is 433 g/mol. The second kappa shape index (κ2) is 10.9. The summed E-state index contributed by atoms with van der Waals surface area (Å²) in [5.74, 6) is 4.26. The number of terminal acetylenes is 1. The third-order valence-corrected chi connectivity index (χ3v) is 5.53. The number of fused-ring (bicyclic) bond motifs is 2. The lowest BCUT2D eigenvalue weighted by molar-refractivity contribution is 0.0224. The molecule has 1 unspecified atom stereocenters. The third kappa shape index (κ3) is 5.37. The quantitative estimate of drug-likeness (QED) is 0.577. The van der Waals surface area contributed by atoms with Crippen LogP contribution in [-0.4, -0.2) is 49.6 Å². The molecule has 1 aromatic heterocycles. The minimum atomic E-state index is 0.218.